The first-order valence-electron chi connectivity index (χ1n) is 10.2. The quantitative estimate of drug-likeness (QED) is 0.652. The fourth-order valence-corrected chi connectivity index (χ4v) is 3.59. The van der Waals surface area contributed by atoms with Crippen LogP contribution in [-0.4, -0.2) is 28.3 Å². The lowest BCUT2D eigenvalue weighted by Gasteiger charge is -2.32. The van der Waals surface area contributed by atoms with Crippen molar-refractivity contribution in [3.63, 3.8) is 0 Å². The molecule has 0 aliphatic carbocycles. The molecule has 1 atom stereocenters. The van der Waals surface area contributed by atoms with Crippen molar-refractivity contribution in [2.75, 3.05) is 5.32 Å². The van der Waals surface area contributed by atoms with Crippen molar-refractivity contribution >= 4 is 29.3 Å². The van der Waals surface area contributed by atoms with Crippen LogP contribution in [0.3, 0.4) is 0 Å². The highest BCUT2D eigenvalue weighted by Gasteiger charge is 2.51. The largest absolute Gasteiger partial charge is 0.494 e. The number of hydrogen-bond acceptors (Lipinski definition) is 5. The maximum Gasteiger partial charge on any atom is 0.494 e. The van der Waals surface area contributed by atoms with E-state index in [4.69, 9.17) is 9.31 Å². The summed E-state index contributed by atoms with van der Waals surface area (Å²) in [5.41, 5.74) is 2.36. The van der Waals surface area contributed by atoms with Crippen LogP contribution in [0.5, 0.6) is 0 Å². The molecule has 2 aromatic carbocycles. The van der Waals surface area contributed by atoms with E-state index in [1.165, 1.54) is 5.56 Å². The Balaban J connectivity index is 1.68. The lowest BCUT2D eigenvalue weighted by molar-refractivity contribution is 0.00578. The normalized spacial score (nSPS) is 18.7. The van der Waals surface area contributed by atoms with Crippen molar-refractivity contribution in [3.05, 3.63) is 60.4 Å². The van der Waals surface area contributed by atoms with Gasteiger partial charge in [-0.05, 0) is 57.3 Å². The van der Waals surface area contributed by atoms with E-state index >= 15 is 0 Å². The Hall–Kier alpha value is -2.44. The van der Waals surface area contributed by atoms with Crippen LogP contribution in [0.25, 0.3) is 10.9 Å². The van der Waals surface area contributed by atoms with E-state index in [2.05, 4.69) is 80.2 Å². The molecule has 0 amide bonds. The van der Waals surface area contributed by atoms with Crippen LogP contribution >= 0.6 is 0 Å². The van der Waals surface area contributed by atoms with Crippen LogP contribution < -0.4 is 10.8 Å². The van der Waals surface area contributed by atoms with Crippen LogP contribution in [0.15, 0.2) is 54.9 Å². The average molecular weight is 389 g/mol. The molecule has 1 fully saturated rings. The molecule has 3 aromatic rings. The first kappa shape index (κ1) is 19.9. The number of fused-ring (bicyclic) bond motifs is 1. The summed E-state index contributed by atoms with van der Waals surface area (Å²) in [6.45, 7) is 10.4. The third-order valence-corrected chi connectivity index (χ3v) is 6.11. The molecule has 150 valence electrons. The summed E-state index contributed by atoms with van der Waals surface area (Å²) in [5.74, 6) is 0.823. The summed E-state index contributed by atoms with van der Waals surface area (Å²) in [4.78, 5) is 8.98. The van der Waals surface area contributed by atoms with E-state index < -0.39 is 7.12 Å². The summed E-state index contributed by atoms with van der Waals surface area (Å²) in [6, 6.07) is 16.7. The molecule has 1 saturated heterocycles. The Bertz CT molecular complexity index is 991. The molecular formula is C23H28BN3O2. The predicted molar refractivity (Wildman–Crippen MR) is 118 cm³/mol. The van der Waals surface area contributed by atoms with E-state index in [1.807, 2.05) is 18.2 Å². The van der Waals surface area contributed by atoms with Gasteiger partial charge < -0.3 is 14.6 Å². The number of benzene rings is 2. The van der Waals surface area contributed by atoms with Gasteiger partial charge in [0.2, 0.25) is 0 Å². The summed E-state index contributed by atoms with van der Waals surface area (Å²) in [7, 11) is -0.409. The topological polar surface area (TPSA) is 56.3 Å². The maximum atomic E-state index is 6.23. The highest BCUT2D eigenvalue weighted by Crippen LogP contribution is 2.36. The summed E-state index contributed by atoms with van der Waals surface area (Å²) < 4.78 is 12.5. The summed E-state index contributed by atoms with van der Waals surface area (Å²) >= 11 is 0. The van der Waals surface area contributed by atoms with Crippen molar-refractivity contribution in [3.8, 4) is 0 Å². The van der Waals surface area contributed by atoms with Gasteiger partial charge in [-0.2, -0.15) is 0 Å². The number of rotatable bonds is 5. The molecule has 0 bridgehead atoms. The van der Waals surface area contributed by atoms with Crippen molar-refractivity contribution in [2.45, 2.75) is 58.3 Å². The van der Waals surface area contributed by atoms with E-state index in [1.54, 1.807) is 6.33 Å². The zero-order chi connectivity index (χ0) is 20.6. The molecule has 1 aliphatic heterocycles. The first-order valence-corrected chi connectivity index (χ1v) is 10.2. The Morgan fingerprint density at radius 2 is 1.66 bits per heavy atom. The average Bonchev–Trinajstić information content (AvgIpc) is 2.93. The predicted octanol–water partition coefficient (Wildman–Crippen LogP) is 4.49. The van der Waals surface area contributed by atoms with Crippen LogP contribution in [-0.2, 0) is 9.31 Å². The highest BCUT2D eigenvalue weighted by atomic mass is 16.7. The lowest BCUT2D eigenvalue weighted by Crippen LogP contribution is -2.41. The fourth-order valence-electron chi connectivity index (χ4n) is 3.59. The van der Waals surface area contributed by atoms with Gasteiger partial charge in [-0.25, -0.2) is 9.97 Å². The van der Waals surface area contributed by atoms with Crippen LogP contribution in [0, 0.1) is 0 Å². The van der Waals surface area contributed by atoms with E-state index in [0.717, 1.165) is 28.6 Å². The molecule has 2 heterocycles. The van der Waals surface area contributed by atoms with Gasteiger partial charge in [0.1, 0.15) is 12.1 Å². The molecule has 0 saturated carbocycles. The highest BCUT2D eigenvalue weighted by molar-refractivity contribution is 6.62. The molecule has 1 N–H and O–H groups in total. The fraction of sp³-hybridized carbons (Fsp3) is 0.391. The van der Waals surface area contributed by atoms with Gasteiger partial charge in [-0.1, -0.05) is 43.3 Å². The molecule has 29 heavy (non-hydrogen) atoms. The Morgan fingerprint density at radius 3 is 2.31 bits per heavy atom. The third kappa shape index (κ3) is 3.75. The summed E-state index contributed by atoms with van der Waals surface area (Å²) in [6.07, 6.45) is 2.56. The zero-order valence-corrected chi connectivity index (χ0v) is 17.8. The third-order valence-electron chi connectivity index (χ3n) is 6.11. The summed E-state index contributed by atoms with van der Waals surface area (Å²) in [5, 5.41) is 4.57. The molecule has 5 nitrogen and oxygen atoms in total. The number of aromatic nitrogens is 2. The smallest absolute Gasteiger partial charge is 0.399 e. The standard InChI is InChI=1S/C23H28BN3O2/c1-6-19(16-10-8-7-9-11-16)27-21-18-14-17(12-13-20(18)25-15-26-21)24-28-22(2,3)23(4,5)29-24/h7-15,19H,6H2,1-5H3,(H,25,26,27). The van der Waals surface area contributed by atoms with Gasteiger partial charge in [0.15, 0.2) is 0 Å². The van der Waals surface area contributed by atoms with Crippen LogP contribution in [0.2, 0.25) is 0 Å². The van der Waals surface area contributed by atoms with Crippen LogP contribution in [0.1, 0.15) is 52.6 Å². The minimum Gasteiger partial charge on any atom is -0.399 e. The number of nitrogens with one attached hydrogen (secondary N) is 1. The van der Waals surface area contributed by atoms with Gasteiger partial charge >= 0.3 is 7.12 Å². The maximum absolute atomic E-state index is 6.23. The van der Waals surface area contributed by atoms with Gasteiger partial charge in [0, 0.05) is 5.39 Å². The van der Waals surface area contributed by atoms with E-state index in [0.29, 0.717) is 0 Å². The molecule has 1 unspecified atom stereocenters. The van der Waals surface area contributed by atoms with Gasteiger partial charge in [-0.3, -0.25) is 0 Å². The minimum atomic E-state index is -0.409. The molecule has 1 aromatic heterocycles. The van der Waals surface area contributed by atoms with E-state index in [9.17, 15) is 0 Å². The van der Waals surface area contributed by atoms with Gasteiger partial charge in [-0.15, -0.1) is 0 Å². The molecule has 4 rings (SSSR count). The molecule has 0 radical (unpaired) electrons. The second-order valence-corrected chi connectivity index (χ2v) is 8.60. The Kier molecular flexibility index (Phi) is 5.09. The van der Waals surface area contributed by atoms with Crippen LogP contribution in [0.4, 0.5) is 5.82 Å². The minimum absolute atomic E-state index is 0.176. The lowest BCUT2D eigenvalue weighted by atomic mass is 9.78. The van der Waals surface area contributed by atoms with Crippen molar-refractivity contribution in [1.82, 2.24) is 9.97 Å². The van der Waals surface area contributed by atoms with Gasteiger partial charge in [0.25, 0.3) is 0 Å². The van der Waals surface area contributed by atoms with E-state index in [-0.39, 0.29) is 17.2 Å². The van der Waals surface area contributed by atoms with Gasteiger partial charge in [0.05, 0.1) is 22.8 Å². The first-order chi connectivity index (χ1) is 13.8. The number of hydrogen-bond donors (Lipinski definition) is 1. The van der Waals surface area contributed by atoms with Crippen molar-refractivity contribution in [2.24, 2.45) is 0 Å². The van der Waals surface area contributed by atoms with Crippen molar-refractivity contribution in [1.29, 1.82) is 0 Å². The SMILES string of the molecule is CCC(Nc1ncnc2ccc(B3OC(C)(C)C(C)(C)O3)cc12)c1ccccc1. The molecule has 6 heteroatoms. The molecule has 0 spiro atoms. The monoisotopic (exact) mass is 389 g/mol. The second kappa shape index (κ2) is 7.43. The number of nitrogens with zero attached hydrogens (tertiary/aromatic N) is 2. The zero-order valence-electron chi connectivity index (χ0n) is 17.8. The number of anilines is 1. The second-order valence-electron chi connectivity index (χ2n) is 8.60. The Labute approximate surface area is 173 Å². The molecule has 1 aliphatic rings. The molecular weight excluding hydrogens is 361 g/mol. The Morgan fingerprint density at radius 1 is 0.966 bits per heavy atom. The van der Waals surface area contributed by atoms with Crippen molar-refractivity contribution < 1.29 is 9.31 Å².